The second-order valence-corrected chi connectivity index (χ2v) is 7.37. The van der Waals surface area contributed by atoms with Crippen molar-refractivity contribution in [1.29, 1.82) is 0 Å². The molecule has 0 spiro atoms. The topological polar surface area (TPSA) is 74.4 Å². The molecular formula is C23H25N3O3. The molecule has 0 aliphatic carbocycles. The van der Waals surface area contributed by atoms with Gasteiger partial charge in [0.05, 0.1) is 19.3 Å². The summed E-state index contributed by atoms with van der Waals surface area (Å²) >= 11 is 0. The summed E-state index contributed by atoms with van der Waals surface area (Å²) < 4.78 is 5.49. The number of aromatic nitrogens is 1. The van der Waals surface area contributed by atoms with E-state index in [-0.39, 0.29) is 22.9 Å². The Hall–Kier alpha value is -2.96. The highest BCUT2D eigenvalue weighted by Crippen LogP contribution is 2.22. The standard InChI is InChI=1S/C23H25N3O3/c1-16-5-4-6-17(13-16)21(26-9-11-29-12-10-26)15-25-23(28)19-14-24-20-8-3-2-7-18(20)22(19)27/h2-8,13-14,21H,9-12,15H2,1H3,(H,24,27)(H,25,28). The van der Waals surface area contributed by atoms with Gasteiger partial charge in [-0.05, 0) is 24.6 Å². The first-order valence-corrected chi connectivity index (χ1v) is 9.90. The van der Waals surface area contributed by atoms with Crippen LogP contribution in [-0.4, -0.2) is 48.6 Å². The van der Waals surface area contributed by atoms with Crippen molar-refractivity contribution in [3.05, 3.63) is 81.6 Å². The molecule has 1 aromatic heterocycles. The van der Waals surface area contributed by atoms with Crippen molar-refractivity contribution < 1.29 is 9.53 Å². The molecule has 1 amide bonds. The second-order valence-electron chi connectivity index (χ2n) is 7.37. The van der Waals surface area contributed by atoms with E-state index in [9.17, 15) is 9.59 Å². The molecule has 2 N–H and O–H groups in total. The molecule has 29 heavy (non-hydrogen) atoms. The number of carbonyl (C=O) groups is 1. The Labute approximate surface area is 169 Å². The molecule has 1 fully saturated rings. The molecular weight excluding hydrogens is 366 g/mol. The maximum absolute atomic E-state index is 12.8. The van der Waals surface area contributed by atoms with E-state index >= 15 is 0 Å². The fourth-order valence-electron chi connectivity index (χ4n) is 3.85. The fourth-order valence-corrected chi connectivity index (χ4v) is 3.85. The molecule has 2 heterocycles. The van der Waals surface area contributed by atoms with Crippen LogP contribution in [0.3, 0.4) is 0 Å². The number of morpholine rings is 1. The first kappa shape index (κ1) is 19.4. The molecule has 6 nitrogen and oxygen atoms in total. The van der Waals surface area contributed by atoms with Gasteiger partial charge in [-0.1, -0.05) is 42.0 Å². The monoisotopic (exact) mass is 391 g/mol. The van der Waals surface area contributed by atoms with Crippen LogP contribution in [0, 0.1) is 6.92 Å². The van der Waals surface area contributed by atoms with Crippen LogP contribution in [0.4, 0.5) is 0 Å². The molecule has 1 atom stereocenters. The zero-order chi connectivity index (χ0) is 20.2. The van der Waals surface area contributed by atoms with Gasteiger partial charge in [0, 0.05) is 36.7 Å². The number of carbonyl (C=O) groups excluding carboxylic acids is 1. The molecule has 6 heteroatoms. The number of aromatic amines is 1. The smallest absolute Gasteiger partial charge is 0.256 e. The van der Waals surface area contributed by atoms with Crippen LogP contribution in [0.15, 0.2) is 59.5 Å². The van der Waals surface area contributed by atoms with Crippen LogP contribution in [0.25, 0.3) is 10.9 Å². The molecule has 4 rings (SSSR count). The van der Waals surface area contributed by atoms with Gasteiger partial charge < -0.3 is 15.0 Å². The maximum atomic E-state index is 12.8. The number of amides is 1. The SMILES string of the molecule is Cc1cccc(C(CNC(=O)c2c[nH]c3ccccc3c2=O)N2CCOCC2)c1. The van der Waals surface area contributed by atoms with Gasteiger partial charge in [-0.15, -0.1) is 0 Å². The minimum absolute atomic E-state index is 0.0299. The fraction of sp³-hybridized carbons (Fsp3) is 0.304. The number of H-pyrrole nitrogens is 1. The highest BCUT2D eigenvalue weighted by Gasteiger charge is 2.24. The Bertz CT molecular complexity index is 1070. The first-order valence-electron chi connectivity index (χ1n) is 9.90. The number of benzene rings is 2. The lowest BCUT2D eigenvalue weighted by molar-refractivity contribution is 0.0162. The lowest BCUT2D eigenvalue weighted by atomic mass is 10.0. The van der Waals surface area contributed by atoms with Crippen LogP contribution in [0.2, 0.25) is 0 Å². The predicted molar refractivity (Wildman–Crippen MR) is 113 cm³/mol. The minimum Gasteiger partial charge on any atom is -0.379 e. The Morgan fingerprint density at radius 1 is 1.17 bits per heavy atom. The summed E-state index contributed by atoms with van der Waals surface area (Å²) in [7, 11) is 0. The van der Waals surface area contributed by atoms with Gasteiger partial charge in [-0.2, -0.15) is 0 Å². The van der Waals surface area contributed by atoms with E-state index in [4.69, 9.17) is 4.74 Å². The van der Waals surface area contributed by atoms with Crippen molar-refractivity contribution in [2.45, 2.75) is 13.0 Å². The van der Waals surface area contributed by atoms with Crippen LogP contribution in [-0.2, 0) is 4.74 Å². The summed E-state index contributed by atoms with van der Waals surface area (Å²) in [5, 5.41) is 3.50. The summed E-state index contributed by atoms with van der Waals surface area (Å²) in [5.41, 5.74) is 2.93. The quantitative estimate of drug-likeness (QED) is 0.701. The maximum Gasteiger partial charge on any atom is 0.256 e. The lowest BCUT2D eigenvalue weighted by Gasteiger charge is -2.35. The molecule has 1 saturated heterocycles. The van der Waals surface area contributed by atoms with E-state index < -0.39 is 0 Å². The van der Waals surface area contributed by atoms with Crippen LogP contribution in [0.5, 0.6) is 0 Å². The Morgan fingerprint density at radius 3 is 2.76 bits per heavy atom. The summed E-state index contributed by atoms with van der Waals surface area (Å²) in [6.07, 6.45) is 1.50. The van der Waals surface area contributed by atoms with Gasteiger partial charge in [0.2, 0.25) is 5.43 Å². The number of hydrogen-bond acceptors (Lipinski definition) is 4. The van der Waals surface area contributed by atoms with Crippen molar-refractivity contribution in [2.75, 3.05) is 32.8 Å². The van der Waals surface area contributed by atoms with Crippen molar-refractivity contribution in [2.24, 2.45) is 0 Å². The molecule has 0 radical (unpaired) electrons. The summed E-state index contributed by atoms with van der Waals surface area (Å²) in [6.45, 7) is 5.47. The number of nitrogens with one attached hydrogen (secondary N) is 2. The number of rotatable bonds is 5. The number of pyridine rings is 1. The van der Waals surface area contributed by atoms with Crippen molar-refractivity contribution in [3.63, 3.8) is 0 Å². The third kappa shape index (κ3) is 4.23. The molecule has 0 bridgehead atoms. The molecule has 1 unspecified atom stereocenters. The highest BCUT2D eigenvalue weighted by atomic mass is 16.5. The first-order chi connectivity index (χ1) is 14.1. The highest BCUT2D eigenvalue weighted by molar-refractivity contribution is 5.97. The lowest BCUT2D eigenvalue weighted by Crippen LogP contribution is -2.44. The molecule has 0 saturated carbocycles. The van der Waals surface area contributed by atoms with E-state index in [1.165, 1.54) is 11.8 Å². The zero-order valence-corrected chi connectivity index (χ0v) is 16.5. The summed E-state index contributed by atoms with van der Waals surface area (Å²) in [6, 6.07) is 15.6. The van der Waals surface area contributed by atoms with E-state index in [0.29, 0.717) is 25.1 Å². The van der Waals surface area contributed by atoms with Gasteiger partial charge in [0.1, 0.15) is 5.56 Å². The van der Waals surface area contributed by atoms with E-state index in [1.807, 2.05) is 18.2 Å². The number of nitrogens with zero attached hydrogens (tertiary/aromatic N) is 1. The third-order valence-corrected chi connectivity index (χ3v) is 5.40. The average Bonchev–Trinajstić information content (AvgIpc) is 2.75. The van der Waals surface area contributed by atoms with E-state index in [1.54, 1.807) is 12.1 Å². The van der Waals surface area contributed by atoms with Gasteiger partial charge >= 0.3 is 0 Å². The summed E-state index contributed by atoms with van der Waals surface area (Å²) in [4.78, 5) is 30.9. The zero-order valence-electron chi connectivity index (χ0n) is 16.5. The van der Waals surface area contributed by atoms with Gasteiger partial charge in [0.15, 0.2) is 0 Å². The molecule has 150 valence electrons. The van der Waals surface area contributed by atoms with Crippen molar-refractivity contribution in [3.8, 4) is 0 Å². The molecule has 2 aromatic carbocycles. The Balaban J connectivity index is 1.56. The predicted octanol–water partition coefficient (Wildman–Crippen LogP) is 2.64. The molecule has 3 aromatic rings. The second kappa shape index (κ2) is 8.59. The van der Waals surface area contributed by atoms with E-state index in [0.717, 1.165) is 24.2 Å². The number of para-hydroxylation sites is 1. The molecule has 1 aliphatic rings. The van der Waals surface area contributed by atoms with Crippen molar-refractivity contribution in [1.82, 2.24) is 15.2 Å². The summed E-state index contributed by atoms with van der Waals surface area (Å²) in [5.74, 6) is -0.358. The molecule has 1 aliphatic heterocycles. The number of ether oxygens (including phenoxy) is 1. The van der Waals surface area contributed by atoms with Crippen LogP contribution < -0.4 is 10.7 Å². The Kier molecular flexibility index (Phi) is 5.74. The number of fused-ring (bicyclic) bond motifs is 1. The number of hydrogen-bond donors (Lipinski definition) is 2. The number of aryl methyl sites for hydroxylation is 1. The van der Waals surface area contributed by atoms with Crippen LogP contribution >= 0.6 is 0 Å². The van der Waals surface area contributed by atoms with Gasteiger partial charge in [-0.3, -0.25) is 14.5 Å². The van der Waals surface area contributed by atoms with Gasteiger partial charge in [0.25, 0.3) is 5.91 Å². The van der Waals surface area contributed by atoms with E-state index in [2.05, 4.69) is 40.3 Å². The minimum atomic E-state index is -0.358. The third-order valence-electron chi connectivity index (χ3n) is 5.40. The normalized spacial score (nSPS) is 15.9. The average molecular weight is 391 g/mol. The Morgan fingerprint density at radius 2 is 1.97 bits per heavy atom. The largest absolute Gasteiger partial charge is 0.379 e. The van der Waals surface area contributed by atoms with Crippen molar-refractivity contribution >= 4 is 16.8 Å². The van der Waals surface area contributed by atoms with Crippen LogP contribution in [0.1, 0.15) is 27.5 Å². The van der Waals surface area contributed by atoms with Gasteiger partial charge in [-0.25, -0.2) is 0 Å².